The molecule has 0 spiro atoms. The molecule has 0 amide bonds. The summed E-state index contributed by atoms with van der Waals surface area (Å²) in [6, 6.07) is 0. The van der Waals surface area contributed by atoms with E-state index in [-0.39, 0.29) is 37.7 Å². The number of carboxylic acids is 2. The fourth-order valence-electron chi connectivity index (χ4n) is 0.253. The summed E-state index contributed by atoms with van der Waals surface area (Å²) in [6.45, 7) is 0. The van der Waals surface area contributed by atoms with Crippen molar-refractivity contribution in [3.05, 3.63) is 0 Å². The zero-order valence-corrected chi connectivity index (χ0v) is 4.44. The Morgan fingerprint density at radius 3 is 1.64 bits per heavy atom. The maximum atomic E-state index is 9.72. The number of rotatable bonds is 3. The molecule has 0 aromatic carbocycles. The molecule has 5 nitrogen and oxygen atoms in total. The number of hydrogen-bond acceptors (Lipinski definition) is 3. The van der Waals surface area contributed by atoms with E-state index in [1.165, 1.54) is 0 Å². The summed E-state index contributed by atoms with van der Waals surface area (Å²) < 4.78 is 0. The van der Waals surface area contributed by atoms with Crippen LogP contribution in [0.5, 0.6) is 0 Å². The van der Waals surface area contributed by atoms with Gasteiger partial charge in [0.05, 0.1) is 6.42 Å². The van der Waals surface area contributed by atoms with Crippen molar-refractivity contribution >= 4 is 49.7 Å². The van der Waals surface area contributed by atoms with Crippen LogP contribution < -0.4 is 0 Å². The third kappa shape index (κ3) is 10.1. The normalized spacial score (nSPS) is 10.3. The fraction of sp³-hybridized carbons (Fsp3) is 0.500. The van der Waals surface area contributed by atoms with Crippen LogP contribution in [0.15, 0.2) is 0 Å². The first-order valence-corrected chi connectivity index (χ1v) is 2.16. The van der Waals surface area contributed by atoms with Crippen molar-refractivity contribution in [3.8, 4) is 0 Å². The molecule has 1 unspecified atom stereocenters. The van der Waals surface area contributed by atoms with Crippen LogP contribution in [-0.4, -0.2) is 71.1 Å². The Kier molecular flexibility index (Phi) is 12.9. The third-order valence-electron chi connectivity index (χ3n) is 0.653. The molecule has 0 aromatic heterocycles. The first-order chi connectivity index (χ1) is 4.04. The Morgan fingerprint density at radius 1 is 1.18 bits per heavy atom. The summed E-state index contributed by atoms with van der Waals surface area (Å²) in [4.78, 5) is 19.4. The van der Waals surface area contributed by atoms with E-state index in [1.807, 2.05) is 0 Å². The Bertz CT molecular complexity index is 136. The molecule has 0 aliphatic heterocycles. The average molecular weight is 150 g/mol. The van der Waals surface area contributed by atoms with Gasteiger partial charge in [0.2, 0.25) is 0 Å². The summed E-state index contributed by atoms with van der Waals surface area (Å²) in [7, 11) is 0. The molecule has 56 valence electrons. The number of carbonyl (C=O) groups is 2. The molecular formula is C4H8Li2O5. The van der Waals surface area contributed by atoms with Gasteiger partial charge in [-0.25, -0.2) is 4.79 Å². The van der Waals surface area contributed by atoms with Crippen LogP contribution in [0.25, 0.3) is 0 Å². The molecule has 0 bridgehead atoms. The van der Waals surface area contributed by atoms with E-state index in [1.54, 1.807) is 0 Å². The number of aliphatic carboxylic acids is 2. The molecule has 0 aromatic rings. The number of aliphatic hydroxyl groups excluding tert-OH is 1. The van der Waals surface area contributed by atoms with E-state index >= 15 is 0 Å². The van der Waals surface area contributed by atoms with Gasteiger partial charge in [-0.2, -0.15) is 0 Å². The van der Waals surface area contributed by atoms with Gasteiger partial charge in [-0.3, -0.25) is 4.79 Å². The van der Waals surface area contributed by atoms with Crippen LogP contribution in [0.4, 0.5) is 0 Å². The zero-order valence-electron chi connectivity index (χ0n) is 4.44. The SMILES string of the molecule is O=C(O)CC(O)C(=O)O.[LiH].[LiH]. The standard InChI is InChI=1S/C4H6O5.2Li.2H/c5-2(4(8)9)1-3(6)7;;;;/h2,5H,1H2,(H,6,7)(H,8,9);;;;. The second-order valence-electron chi connectivity index (χ2n) is 1.45. The Balaban J connectivity index is -0.000000320. The van der Waals surface area contributed by atoms with Crippen molar-refractivity contribution in [2.24, 2.45) is 0 Å². The van der Waals surface area contributed by atoms with Crippen LogP contribution in [0, 0.1) is 0 Å². The van der Waals surface area contributed by atoms with E-state index in [2.05, 4.69) is 0 Å². The molecule has 0 saturated heterocycles. The Morgan fingerprint density at radius 2 is 1.55 bits per heavy atom. The van der Waals surface area contributed by atoms with Gasteiger partial charge >= 0.3 is 49.7 Å². The van der Waals surface area contributed by atoms with E-state index < -0.39 is 24.5 Å². The second kappa shape index (κ2) is 8.19. The summed E-state index contributed by atoms with van der Waals surface area (Å²) >= 11 is 0. The molecule has 0 heterocycles. The molecule has 1 atom stereocenters. The van der Waals surface area contributed by atoms with Crippen LogP contribution in [-0.2, 0) is 9.59 Å². The second-order valence-corrected chi connectivity index (χ2v) is 1.45. The molecule has 7 heteroatoms. The predicted octanol–water partition coefficient (Wildman–Crippen LogP) is -2.39. The van der Waals surface area contributed by atoms with Crippen molar-refractivity contribution in [2.75, 3.05) is 0 Å². The average Bonchev–Trinajstić information content (AvgIpc) is 1.63. The van der Waals surface area contributed by atoms with Gasteiger partial charge in [0.1, 0.15) is 0 Å². The van der Waals surface area contributed by atoms with E-state index in [4.69, 9.17) is 15.3 Å². The molecular weight excluding hydrogens is 142 g/mol. The van der Waals surface area contributed by atoms with Gasteiger partial charge in [-0.05, 0) is 0 Å². The van der Waals surface area contributed by atoms with Crippen molar-refractivity contribution in [2.45, 2.75) is 12.5 Å². The summed E-state index contributed by atoms with van der Waals surface area (Å²) in [5.41, 5.74) is 0. The molecule has 0 aliphatic rings. The molecule has 11 heavy (non-hydrogen) atoms. The van der Waals surface area contributed by atoms with Crippen molar-refractivity contribution in [3.63, 3.8) is 0 Å². The summed E-state index contributed by atoms with van der Waals surface area (Å²) in [5, 5.41) is 24.1. The first-order valence-electron chi connectivity index (χ1n) is 2.16. The first kappa shape index (κ1) is 17.3. The van der Waals surface area contributed by atoms with Crippen molar-refractivity contribution in [1.82, 2.24) is 0 Å². The van der Waals surface area contributed by atoms with Gasteiger partial charge in [0.15, 0.2) is 6.10 Å². The van der Waals surface area contributed by atoms with Gasteiger partial charge < -0.3 is 15.3 Å². The van der Waals surface area contributed by atoms with Gasteiger partial charge in [0, 0.05) is 0 Å². The quantitative estimate of drug-likeness (QED) is 0.390. The Labute approximate surface area is 87.1 Å². The molecule has 0 rings (SSSR count). The Hall–Kier alpha value is 0.0948. The maximum absolute atomic E-state index is 9.72. The minimum atomic E-state index is -1.79. The van der Waals surface area contributed by atoms with Crippen LogP contribution in [0.3, 0.4) is 0 Å². The zero-order chi connectivity index (χ0) is 7.44. The third-order valence-corrected chi connectivity index (χ3v) is 0.653. The van der Waals surface area contributed by atoms with Crippen molar-refractivity contribution < 1.29 is 24.9 Å². The number of carboxylic acid groups (broad SMARTS) is 2. The van der Waals surface area contributed by atoms with Crippen molar-refractivity contribution in [1.29, 1.82) is 0 Å². The van der Waals surface area contributed by atoms with Gasteiger partial charge in [-0.1, -0.05) is 0 Å². The van der Waals surface area contributed by atoms with Gasteiger partial charge in [0.25, 0.3) is 0 Å². The van der Waals surface area contributed by atoms with Crippen LogP contribution >= 0.6 is 0 Å². The van der Waals surface area contributed by atoms with E-state index in [0.717, 1.165) is 0 Å². The number of aliphatic hydroxyl groups is 1. The molecule has 0 saturated carbocycles. The summed E-state index contributed by atoms with van der Waals surface area (Å²) in [6.07, 6.45) is -2.54. The van der Waals surface area contributed by atoms with Crippen LogP contribution in [0.2, 0.25) is 0 Å². The fourth-order valence-corrected chi connectivity index (χ4v) is 0.253. The summed E-state index contributed by atoms with van der Waals surface area (Å²) in [5.74, 6) is -2.85. The van der Waals surface area contributed by atoms with E-state index in [9.17, 15) is 9.59 Å². The molecule has 0 radical (unpaired) electrons. The molecule has 0 aliphatic carbocycles. The predicted molar refractivity (Wildman–Crippen MR) is 40.2 cm³/mol. The number of hydrogen-bond donors (Lipinski definition) is 3. The van der Waals surface area contributed by atoms with Crippen LogP contribution in [0.1, 0.15) is 6.42 Å². The topological polar surface area (TPSA) is 94.8 Å². The molecule has 0 fully saturated rings. The van der Waals surface area contributed by atoms with Gasteiger partial charge in [-0.15, -0.1) is 0 Å². The van der Waals surface area contributed by atoms with E-state index in [0.29, 0.717) is 0 Å². The monoisotopic (exact) mass is 150 g/mol. The minimum absolute atomic E-state index is 0. The molecule has 3 N–H and O–H groups in total.